The highest BCUT2D eigenvalue weighted by Crippen LogP contribution is 2.43. The van der Waals surface area contributed by atoms with Crippen molar-refractivity contribution < 1.29 is 27.1 Å². The van der Waals surface area contributed by atoms with E-state index in [2.05, 4.69) is 4.99 Å². The van der Waals surface area contributed by atoms with Gasteiger partial charge >= 0.3 is 6.18 Å². The molecule has 0 spiro atoms. The Morgan fingerprint density at radius 1 is 1.09 bits per heavy atom. The lowest BCUT2D eigenvalue weighted by Gasteiger charge is -2.27. The van der Waals surface area contributed by atoms with Crippen LogP contribution >= 0.6 is 0 Å². The van der Waals surface area contributed by atoms with E-state index in [1.54, 1.807) is 37.3 Å². The second-order valence-electron chi connectivity index (χ2n) is 9.01. The Kier molecular flexibility index (Phi) is 7.28. The van der Waals surface area contributed by atoms with Gasteiger partial charge in [-0.15, -0.1) is 0 Å². The first kappa shape index (κ1) is 24.9. The van der Waals surface area contributed by atoms with Crippen molar-refractivity contribution in [3.05, 3.63) is 76.2 Å². The lowest BCUT2D eigenvalue weighted by Crippen LogP contribution is -2.37. The van der Waals surface area contributed by atoms with E-state index in [1.165, 1.54) is 24.1 Å². The number of alkyl halides is 3. The minimum atomic E-state index is -4.75. The van der Waals surface area contributed by atoms with Crippen molar-refractivity contribution in [1.29, 1.82) is 0 Å². The summed E-state index contributed by atoms with van der Waals surface area (Å²) < 4.78 is 62.9. The number of piperidine rings is 1. The molecule has 35 heavy (non-hydrogen) atoms. The van der Waals surface area contributed by atoms with Crippen molar-refractivity contribution in [1.82, 2.24) is 4.90 Å². The summed E-state index contributed by atoms with van der Waals surface area (Å²) in [6.45, 7) is 2.41. The number of ether oxygens (including phenoxy) is 1. The van der Waals surface area contributed by atoms with Crippen LogP contribution in [0.4, 0.5) is 17.6 Å². The van der Waals surface area contributed by atoms with E-state index in [0.717, 1.165) is 24.8 Å². The maximum Gasteiger partial charge on any atom is 0.415 e. The maximum absolute atomic E-state index is 14.5. The van der Waals surface area contributed by atoms with Gasteiger partial charge in [0.2, 0.25) is 0 Å². The summed E-state index contributed by atoms with van der Waals surface area (Å²) in [5.41, 5.74) is 0.0714. The quantitative estimate of drug-likeness (QED) is 0.467. The zero-order valence-electron chi connectivity index (χ0n) is 19.8. The number of allylic oxidation sites excluding steroid dienone is 1. The first-order valence-corrected chi connectivity index (χ1v) is 11.8. The fraction of sp³-hybridized carbons (Fsp3) is 0.407. The molecule has 0 bridgehead atoms. The number of aryl methyl sites for hydroxylation is 2. The summed E-state index contributed by atoms with van der Waals surface area (Å²) in [6, 6.07) is 11.4. The third kappa shape index (κ3) is 5.41. The SMILES string of the molecule is COc1ccc(CCC2C(c3ccc(C)c(F)c3)=NC(C(=O)N3CCCCC3)=C2C(F)(F)F)cc1. The van der Waals surface area contributed by atoms with Crippen LogP contribution in [0.15, 0.2) is 58.7 Å². The van der Waals surface area contributed by atoms with Crippen LogP contribution in [-0.4, -0.2) is 42.9 Å². The predicted molar refractivity (Wildman–Crippen MR) is 126 cm³/mol. The molecule has 0 aromatic heterocycles. The minimum absolute atomic E-state index is 0.0757. The van der Waals surface area contributed by atoms with Gasteiger partial charge in [-0.25, -0.2) is 9.38 Å². The first-order chi connectivity index (χ1) is 16.7. The summed E-state index contributed by atoms with van der Waals surface area (Å²) in [6.07, 6.45) is -1.91. The Balaban J connectivity index is 1.74. The van der Waals surface area contributed by atoms with Gasteiger partial charge in [0.05, 0.1) is 18.4 Å². The molecule has 1 saturated heterocycles. The number of carbonyl (C=O) groups is 1. The van der Waals surface area contributed by atoms with Gasteiger partial charge < -0.3 is 9.64 Å². The number of likely N-dealkylation sites (tertiary alicyclic amines) is 1. The van der Waals surface area contributed by atoms with Crippen molar-refractivity contribution >= 4 is 11.6 Å². The molecule has 2 aromatic rings. The number of aliphatic imine (C=N–C) groups is 1. The molecule has 0 N–H and O–H groups in total. The third-order valence-electron chi connectivity index (χ3n) is 6.67. The lowest BCUT2D eigenvalue weighted by molar-refractivity contribution is -0.129. The Labute approximate surface area is 202 Å². The zero-order chi connectivity index (χ0) is 25.2. The highest BCUT2D eigenvalue weighted by atomic mass is 19.4. The Morgan fingerprint density at radius 3 is 2.37 bits per heavy atom. The molecule has 4 rings (SSSR count). The topological polar surface area (TPSA) is 41.9 Å². The number of halogens is 4. The second-order valence-corrected chi connectivity index (χ2v) is 9.01. The Bertz CT molecular complexity index is 1150. The summed E-state index contributed by atoms with van der Waals surface area (Å²) in [7, 11) is 1.54. The van der Waals surface area contributed by atoms with Crippen molar-refractivity contribution in [2.45, 2.75) is 45.2 Å². The number of rotatable bonds is 6. The average Bonchev–Trinajstić information content (AvgIpc) is 3.25. The fourth-order valence-electron chi connectivity index (χ4n) is 4.70. The van der Waals surface area contributed by atoms with E-state index >= 15 is 0 Å². The number of hydrogen-bond acceptors (Lipinski definition) is 3. The molecule has 8 heteroatoms. The molecular formula is C27H28F4N2O2. The van der Waals surface area contributed by atoms with E-state index < -0.39 is 35.1 Å². The molecule has 0 radical (unpaired) electrons. The summed E-state index contributed by atoms with van der Waals surface area (Å²) in [4.78, 5) is 18.9. The van der Waals surface area contributed by atoms with Gasteiger partial charge in [0.25, 0.3) is 5.91 Å². The molecule has 2 aliphatic heterocycles. The zero-order valence-corrected chi connectivity index (χ0v) is 19.8. The van der Waals surface area contributed by atoms with Crippen molar-refractivity contribution in [2.24, 2.45) is 10.9 Å². The summed E-state index contributed by atoms with van der Waals surface area (Å²) >= 11 is 0. The van der Waals surface area contributed by atoms with E-state index in [9.17, 15) is 22.4 Å². The van der Waals surface area contributed by atoms with E-state index in [4.69, 9.17) is 4.74 Å². The molecule has 0 aliphatic carbocycles. The molecule has 1 fully saturated rings. The fourth-order valence-corrected chi connectivity index (χ4v) is 4.70. The molecule has 2 heterocycles. The van der Waals surface area contributed by atoms with Crippen LogP contribution < -0.4 is 4.74 Å². The highest BCUT2D eigenvalue weighted by Gasteiger charge is 2.48. The van der Waals surface area contributed by atoms with Crippen LogP contribution in [0.25, 0.3) is 0 Å². The average molecular weight is 489 g/mol. The molecule has 2 aromatic carbocycles. The third-order valence-corrected chi connectivity index (χ3v) is 6.67. The second kappa shape index (κ2) is 10.2. The van der Waals surface area contributed by atoms with Gasteiger partial charge in [-0.05, 0) is 73.9 Å². The smallest absolute Gasteiger partial charge is 0.415 e. The van der Waals surface area contributed by atoms with Gasteiger partial charge in [-0.3, -0.25) is 4.79 Å². The summed E-state index contributed by atoms with van der Waals surface area (Å²) in [5.74, 6) is -1.75. The highest BCUT2D eigenvalue weighted by molar-refractivity contribution is 6.11. The van der Waals surface area contributed by atoms with Crippen LogP contribution in [0.2, 0.25) is 0 Å². The minimum Gasteiger partial charge on any atom is -0.497 e. The van der Waals surface area contributed by atoms with E-state index in [-0.39, 0.29) is 17.7 Å². The number of methoxy groups -OCH3 is 1. The van der Waals surface area contributed by atoms with E-state index in [1.807, 2.05) is 0 Å². The molecule has 1 unspecified atom stereocenters. The van der Waals surface area contributed by atoms with Crippen LogP contribution in [-0.2, 0) is 11.2 Å². The van der Waals surface area contributed by atoms with Gasteiger partial charge in [0, 0.05) is 19.0 Å². The summed E-state index contributed by atoms with van der Waals surface area (Å²) in [5, 5.41) is 0. The van der Waals surface area contributed by atoms with Crippen LogP contribution in [0.1, 0.15) is 42.4 Å². The van der Waals surface area contributed by atoms with Crippen molar-refractivity contribution in [3.8, 4) is 5.75 Å². The number of hydrogen-bond donors (Lipinski definition) is 0. The monoisotopic (exact) mass is 488 g/mol. The number of benzene rings is 2. The predicted octanol–water partition coefficient (Wildman–Crippen LogP) is 6.02. The molecule has 1 amide bonds. The Morgan fingerprint density at radius 2 is 1.77 bits per heavy atom. The number of amides is 1. The largest absolute Gasteiger partial charge is 0.497 e. The lowest BCUT2D eigenvalue weighted by atomic mass is 9.85. The molecule has 0 saturated carbocycles. The molecular weight excluding hydrogens is 460 g/mol. The van der Waals surface area contributed by atoms with Gasteiger partial charge in [0.15, 0.2) is 0 Å². The van der Waals surface area contributed by atoms with Gasteiger partial charge in [0.1, 0.15) is 17.3 Å². The van der Waals surface area contributed by atoms with Crippen LogP contribution in [0.3, 0.4) is 0 Å². The maximum atomic E-state index is 14.5. The number of nitrogens with zero attached hydrogens (tertiary/aromatic N) is 2. The van der Waals surface area contributed by atoms with E-state index in [0.29, 0.717) is 30.8 Å². The van der Waals surface area contributed by atoms with Crippen LogP contribution in [0, 0.1) is 18.7 Å². The van der Waals surface area contributed by atoms with Gasteiger partial charge in [-0.2, -0.15) is 13.2 Å². The Hall–Kier alpha value is -3.16. The number of carbonyl (C=O) groups excluding carboxylic acids is 1. The van der Waals surface area contributed by atoms with Crippen molar-refractivity contribution in [3.63, 3.8) is 0 Å². The first-order valence-electron chi connectivity index (χ1n) is 11.8. The van der Waals surface area contributed by atoms with Crippen molar-refractivity contribution in [2.75, 3.05) is 20.2 Å². The molecule has 2 aliphatic rings. The molecule has 1 atom stereocenters. The van der Waals surface area contributed by atoms with Gasteiger partial charge in [-0.1, -0.05) is 24.3 Å². The molecule has 4 nitrogen and oxygen atoms in total. The normalized spacial score (nSPS) is 18.6. The van der Waals surface area contributed by atoms with Crippen LogP contribution in [0.5, 0.6) is 5.75 Å². The molecule has 186 valence electrons. The standard InChI is InChI=1S/C27H28F4N2O2/c1-17-6-10-19(16-22(17)28)24-21(13-9-18-7-11-20(35-2)12-8-18)23(27(29,30)31)25(32-24)26(34)33-14-4-3-5-15-33/h6-8,10-12,16,21H,3-5,9,13-15H2,1-2H3.